The maximum absolute atomic E-state index is 8.39. The third-order valence-corrected chi connectivity index (χ3v) is 1.55. The van der Waals surface area contributed by atoms with Crippen LogP contribution >= 0.6 is 0 Å². The Bertz CT molecular complexity index is 134. The summed E-state index contributed by atoms with van der Waals surface area (Å²) >= 11 is 0. The zero-order valence-corrected chi connectivity index (χ0v) is 7.96. The zero-order chi connectivity index (χ0) is 9.78. The first-order valence-electron chi connectivity index (χ1n) is 4.68. The maximum atomic E-state index is 8.39. The lowest BCUT2D eigenvalue weighted by molar-refractivity contribution is 0.0939. The Morgan fingerprint density at radius 1 is 1.23 bits per heavy atom. The van der Waals surface area contributed by atoms with Crippen LogP contribution in [0.15, 0.2) is 0 Å². The summed E-state index contributed by atoms with van der Waals surface area (Å²) < 4.78 is 5.05. The molecular formula is C9H18N2O2. The van der Waals surface area contributed by atoms with Gasteiger partial charge in [-0.2, -0.15) is 5.26 Å². The van der Waals surface area contributed by atoms with Crippen molar-refractivity contribution in [1.29, 1.82) is 5.26 Å². The Kier molecular flexibility index (Phi) is 10.8. The number of nitriles is 1. The molecule has 0 aromatic carbocycles. The van der Waals surface area contributed by atoms with Gasteiger partial charge in [-0.25, -0.2) is 0 Å². The molecule has 0 aliphatic rings. The molecule has 0 unspecified atom stereocenters. The molecule has 0 aromatic rings. The quantitative estimate of drug-likeness (QED) is 0.508. The van der Waals surface area contributed by atoms with Gasteiger partial charge in [-0.05, 0) is 19.4 Å². The van der Waals surface area contributed by atoms with Gasteiger partial charge < -0.3 is 15.2 Å². The van der Waals surface area contributed by atoms with Crippen LogP contribution in [0.5, 0.6) is 0 Å². The fraction of sp³-hybridized carbons (Fsp3) is 0.889. The molecule has 0 heterocycles. The Labute approximate surface area is 79.5 Å². The monoisotopic (exact) mass is 186 g/mol. The molecule has 0 spiro atoms. The molecule has 0 rings (SSSR count). The van der Waals surface area contributed by atoms with Gasteiger partial charge in [0.15, 0.2) is 0 Å². The fourth-order valence-corrected chi connectivity index (χ4v) is 0.890. The van der Waals surface area contributed by atoms with Crippen LogP contribution in [0.25, 0.3) is 0 Å². The predicted octanol–water partition coefficient (Wildman–Crippen LogP) is 0.279. The first kappa shape index (κ1) is 12.4. The van der Waals surface area contributed by atoms with Crippen LogP contribution < -0.4 is 5.32 Å². The molecule has 0 radical (unpaired) electrons. The van der Waals surface area contributed by atoms with E-state index in [1.807, 2.05) is 0 Å². The van der Waals surface area contributed by atoms with Crippen molar-refractivity contribution in [2.45, 2.75) is 19.3 Å². The minimum absolute atomic E-state index is 0.0855. The standard InChI is InChI=1S/C9H18N2O2/c10-4-2-1-3-5-11-6-8-13-9-7-12/h11-12H,1-3,5-9H2. The number of hydrogen-bond donors (Lipinski definition) is 2. The highest BCUT2D eigenvalue weighted by Gasteiger charge is 1.89. The minimum Gasteiger partial charge on any atom is -0.394 e. The number of aliphatic hydroxyl groups is 1. The molecule has 0 saturated carbocycles. The van der Waals surface area contributed by atoms with E-state index in [0.717, 1.165) is 25.9 Å². The van der Waals surface area contributed by atoms with Crippen molar-refractivity contribution in [2.75, 3.05) is 32.9 Å². The second kappa shape index (κ2) is 11.4. The molecule has 0 aliphatic carbocycles. The van der Waals surface area contributed by atoms with Crippen molar-refractivity contribution >= 4 is 0 Å². The highest BCUT2D eigenvalue weighted by Crippen LogP contribution is 1.90. The second-order valence-corrected chi connectivity index (χ2v) is 2.70. The average Bonchev–Trinajstić information content (AvgIpc) is 2.16. The van der Waals surface area contributed by atoms with E-state index in [1.54, 1.807) is 0 Å². The van der Waals surface area contributed by atoms with Gasteiger partial charge in [0.2, 0.25) is 0 Å². The van der Waals surface area contributed by atoms with Crippen molar-refractivity contribution in [3.05, 3.63) is 0 Å². The van der Waals surface area contributed by atoms with Crippen molar-refractivity contribution in [3.63, 3.8) is 0 Å². The van der Waals surface area contributed by atoms with Crippen molar-refractivity contribution in [3.8, 4) is 6.07 Å². The number of ether oxygens (including phenoxy) is 1. The number of nitrogens with zero attached hydrogens (tertiary/aromatic N) is 1. The van der Waals surface area contributed by atoms with Crippen molar-refractivity contribution in [2.24, 2.45) is 0 Å². The Balaban J connectivity index is 2.80. The molecule has 4 heteroatoms. The second-order valence-electron chi connectivity index (χ2n) is 2.70. The smallest absolute Gasteiger partial charge is 0.0698 e. The summed E-state index contributed by atoms with van der Waals surface area (Å²) in [6, 6.07) is 2.11. The number of aliphatic hydroxyl groups excluding tert-OH is 1. The van der Waals surface area contributed by atoms with Crippen molar-refractivity contribution < 1.29 is 9.84 Å². The van der Waals surface area contributed by atoms with E-state index in [-0.39, 0.29) is 6.61 Å². The predicted molar refractivity (Wildman–Crippen MR) is 50.2 cm³/mol. The van der Waals surface area contributed by atoms with Gasteiger partial charge in [-0.3, -0.25) is 0 Å². The normalized spacial score (nSPS) is 9.85. The molecule has 76 valence electrons. The summed E-state index contributed by atoms with van der Waals surface area (Å²) in [4.78, 5) is 0. The SMILES string of the molecule is N#CCCCCNCCOCCO. The number of unbranched alkanes of at least 4 members (excludes halogenated alkanes) is 2. The molecule has 0 atom stereocenters. The third kappa shape index (κ3) is 11.4. The van der Waals surface area contributed by atoms with Gasteiger partial charge in [-0.1, -0.05) is 0 Å². The summed E-state index contributed by atoms with van der Waals surface area (Å²) in [5.41, 5.74) is 0. The average molecular weight is 186 g/mol. The Morgan fingerprint density at radius 3 is 2.77 bits per heavy atom. The van der Waals surface area contributed by atoms with Crippen LogP contribution in [0, 0.1) is 11.3 Å². The Hall–Kier alpha value is -0.630. The molecule has 0 bridgehead atoms. The topological polar surface area (TPSA) is 65.3 Å². The highest BCUT2D eigenvalue weighted by molar-refractivity contribution is 4.68. The molecule has 0 aromatic heterocycles. The lowest BCUT2D eigenvalue weighted by Crippen LogP contribution is -2.21. The van der Waals surface area contributed by atoms with Crippen LogP contribution in [0.3, 0.4) is 0 Å². The Morgan fingerprint density at radius 2 is 2.08 bits per heavy atom. The minimum atomic E-state index is 0.0855. The van der Waals surface area contributed by atoms with Crippen LogP contribution in [-0.2, 0) is 4.74 Å². The lowest BCUT2D eigenvalue weighted by atomic mass is 10.2. The molecule has 13 heavy (non-hydrogen) atoms. The van der Waals surface area contributed by atoms with Crippen LogP contribution in [0.1, 0.15) is 19.3 Å². The largest absolute Gasteiger partial charge is 0.394 e. The van der Waals surface area contributed by atoms with Gasteiger partial charge in [-0.15, -0.1) is 0 Å². The third-order valence-electron chi connectivity index (χ3n) is 1.55. The zero-order valence-electron chi connectivity index (χ0n) is 7.96. The van der Waals surface area contributed by atoms with Gasteiger partial charge >= 0.3 is 0 Å². The summed E-state index contributed by atoms with van der Waals surface area (Å²) in [5, 5.41) is 19.8. The first-order valence-corrected chi connectivity index (χ1v) is 4.68. The number of hydrogen-bond acceptors (Lipinski definition) is 4. The first-order chi connectivity index (χ1) is 6.41. The van der Waals surface area contributed by atoms with E-state index in [1.165, 1.54) is 0 Å². The molecular weight excluding hydrogens is 168 g/mol. The van der Waals surface area contributed by atoms with Crippen LogP contribution in [-0.4, -0.2) is 38.0 Å². The lowest BCUT2D eigenvalue weighted by Gasteiger charge is -2.03. The molecule has 0 aliphatic heterocycles. The van der Waals surface area contributed by atoms with Gasteiger partial charge in [0.05, 0.1) is 25.9 Å². The number of nitrogens with one attached hydrogen (secondary N) is 1. The maximum Gasteiger partial charge on any atom is 0.0698 e. The van der Waals surface area contributed by atoms with Crippen molar-refractivity contribution in [1.82, 2.24) is 5.32 Å². The van der Waals surface area contributed by atoms with E-state index in [9.17, 15) is 0 Å². The summed E-state index contributed by atoms with van der Waals surface area (Å²) in [5.74, 6) is 0. The fourth-order valence-electron chi connectivity index (χ4n) is 0.890. The van der Waals surface area contributed by atoms with E-state index in [0.29, 0.717) is 19.6 Å². The summed E-state index contributed by atoms with van der Waals surface area (Å²) in [6.07, 6.45) is 2.64. The molecule has 0 amide bonds. The molecule has 2 N–H and O–H groups in total. The summed E-state index contributed by atoms with van der Waals surface area (Å²) in [6.45, 7) is 2.88. The van der Waals surface area contributed by atoms with E-state index < -0.39 is 0 Å². The van der Waals surface area contributed by atoms with E-state index in [4.69, 9.17) is 15.1 Å². The van der Waals surface area contributed by atoms with E-state index in [2.05, 4.69) is 11.4 Å². The molecule has 0 saturated heterocycles. The van der Waals surface area contributed by atoms with Gasteiger partial charge in [0.1, 0.15) is 0 Å². The van der Waals surface area contributed by atoms with Crippen LogP contribution in [0.2, 0.25) is 0 Å². The van der Waals surface area contributed by atoms with Gasteiger partial charge in [0, 0.05) is 13.0 Å². The van der Waals surface area contributed by atoms with E-state index >= 15 is 0 Å². The van der Waals surface area contributed by atoms with Crippen LogP contribution in [0.4, 0.5) is 0 Å². The molecule has 0 fully saturated rings. The summed E-state index contributed by atoms with van der Waals surface area (Å²) in [7, 11) is 0. The highest BCUT2D eigenvalue weighted by atomic mass is 16.5. The molecule has 4 nitrogen and oxygen atoms in total. The number of rotatable bonds is 9. The van der Waals surface area contributed by atoms with Gasteiger partial charge in [0.25, 0.3) is 0 Å².